The first kappa shape index (κ1) is 14.0. The molecule has 2 aromatic heterocycles. The topological polar surface area (TPSA) is 85.6 Å². The molecule has 0 radical (unpaired) electrons. The van der Waals surface area contributed by atoms with Gasteiger partial charge in [-0.3, -0.25) is 19.4 Å². The Morgan fingerprint density at radius 3 is 2.41 bits per heavy atom. The van der Waals surface area contributed by atoms with Crippen LogP contribution in [0.5, 0.6) is 0 Å². The minimum absolute atomic E-state index is 0.103. The summed E-state index contributed by atoms with van der Waals surface area (Å²) in [7, 11) is 1.57. The summed E-state index contributed by atoms with van der Waals surface area (Å²) in [5, 5.41) is 11.3. The number of aromatic amines is 1. The number of carbonyl (C=O) groups excluding carboxylic acids is 1. The highest BCUT2D eigenvalue weighted by Crippen LogP contribution is 2.12. The van der Waals surface area contributed by atoms with E-state index in [9.17, 15) is 9.59 Å². The Hall–Kier alpha value is -2.96. The van der Waals surface area contributed by atoms with Crippen LogP contribution in [-0.2, 0) is 7.05 Å². The van der Waals surface area contributed by atoms with Crippen LogP contribution >= 0.6 is 0 Å². The number of para-hydroxylation sites is 1. The Balaban J connectivity index is 2.08. The van der Waals surface area contributed by atoms with Crippen LogP contribution in [-0.4, -0.2) is 30.6 Å². The monoisotopic (exact) mass is 297 g/mol. The lowest BCUT2D eigenvalue weighted by Crippen LogP contribution is -2.20. The third kappa shape index (κ3) is 2.16. The molecule has 1 aromatic carbocycles. The summed E-state index contributed by atoms with van der Waals surface area (Å²) in [4.78, 5) is 26.1. The Morgan fingerprint density at radius 2 is 1.82 bits per heavy atom. The molecule has 22 heavy (non-hydrogen) atoms. The minimum Gasteiger partial charge on any atom is -0.299 e. The first-order chi connectivity index (χ1) is 10.5. The number of nitrogens with one attached hydrogen (secondary N) is 1. The van der Waals surface area contributed by atoms with E-state index < -0.39 is 5.78 Å². The fourth-order valence-corrected chi connectivity index (χ4v) is 2.34. The number of carbonyl (C=O) groups is 1. The smallest absolute Gasteiger partial charge is 0.277 e. The van der Waals surface area contributed by atoms with Gasteiger partial charge in [0.2, 0.25) is 5.78 Å². The van der Waals surface area contributed by atoms with Crippen molar-refractivity contribution in [3.05, 3.63) is 63.3 Å². The van der Waals surface area contributed by atoms with E-state index in [1.165, 1.54) is 9.48 Å². The number of rotatable bonds is 3. The second kappa shape index (κ2) is 5.10. The lowest BCUT2D eigenvalue weighted by molar-refractivity contribution is 0.103. The van der Waals surface area contributed by atoms with Gasteiger partial charge < -0.3 is 0 Å². The van der Waals surface area contributed by atoms with Gasteiger partial charge in [-0.1, -0.05) is 18.2 Å². The van der Waals surface area contributed by atoms with E-state index >= 15 is 0 Å². The number of ketones is 1. The molecule has 3 aromatic rings. The van der Waals surface area contributed by atoms with E-state index in [0.717, 1.165) is 5.69 Å². The van der Waals surface area contributed by atoms with Gasteiger partial charge in [0, 0.05) is 12.7 Å². The molecule has 0 unspecified atom stereocenters. The molecule has 0 aliphatic rings. The van der Waals surface area contributed by atoms with Crippen molar-refractivity contribution in [1.82, 2.24) is 24.8 Å². The molecule has 112 valence electrons. The Labute approximate surface area is 126 Å². The van der Waals surface area contributed by atoms with Crippen LogP contribution in [0, 0.1) is 13.8 Å². The molecular formula is C15H15N5O2. The lowest BCUT2D eigenvalue weighted by atomic mass is 10.1. The minimum atomic E-state index is -0.418. The van der Waals surface area contributed by atoms with E-state index in [-0.39, 0.29) is 16.8 Å². The van der Waals surface area contributed by atoms with Crippen molar-refractivity contribution in [2.75, 3.05) is 0 Å². The third-order valence-corrected chi connectivity index (χ3v) is 3.44. The van der Waals surface area contributed by atoms with Gasteiger partial charge in [-0.2, -0.15) is 9.90 Å². The summed E-state index contributed by atoms with van der Waals surface area (Å²) in [6.07, 6.45) is 0. The van der Waals surface area contributed by atoms with Crippen LogP contribution in [0.15, 0.2) is 35.1 Å². The molecule has 0 amide bonds. The third-order valence-electron chi connectivity index (χ3n) is 3.44. The van der Waals surface area contributed by atoms with Crippen molar-refractivity contribution in [3.8, 4) is 5.69 Å². The van der Waals surface area contributed by atoms with Gasteiger partial charge in [0.05, 0.1) is 11.4 Å². The number of H-pyrrole nitrogens is 1. The summed E-state index contributed by atoms with van der Waals surface area (Å²) in [5.74, 6) is -0.418. The molecule has 7 heteroatoms. The zero-order valence-corrected chi connectivity index (χ0v) is 12.5. The molecule has 0 spiro atoms. The van der Waals surface area contributed by atoms with E-state index in [1.54, 1.807) is 20.9 Å². The zero-order valence-electron chi connectivity index (χ0n) is 12.5. The highest BCUT2D eigenvalue weighted by Gasteiger charge is 2.24. The molecule has 0 fully saturated rings. The van der Waals surface area contributed by atoms with Gasteiger partial charge in [0.25, 0.3) is 5.56 Å². The SMILES string of the molecule is Cc1nn(-c2ccccc2)nc1C(=O)c1c(C)[nH]n(C)c1=O. The summed E-state index contributed by atoms with van der Waals surface area (Å²) >= 11 is 0. The Morgan fingerprint density at radius 1 is 1.14 bits per heavy atom. The van der Waals surface area contributed by atoms with Gasteiger partial charge >= 0.3 is 0 Å². The number of hydrogen-bond acceptors (Lipinski definition) is 4. The standard InChI is InChI=1S/C15H15N5O2/c1-9-12(15(22)19(3)16-9)14(21)13-10(2)17-20(18-13)11-7-5-4-6-8-11/h4-8,16H,1-3H3. The largest absolute Gasteiger partial charge is 0.299 e. The summed E-state index contributed by atoms with van der Waals surface area (Å²) in [6.45, 7) is 3.39. The van der Waals surface area contributed by atoms with Crippen LogP contribution < -0.4 is 5.56 Å². The predicted octanol–water partition coefficient (Wildman–Crippen LogP) is 1.14. The van der Waals surface area contributed by atoms with Crippen LogP contribution in [0.25, 0.3) is 5.69 Å². The lowest BCUT2D eigenvalue weighted by Gasteiger charge is -1.97. The second-order valence-electron chi connectivity index (χ2n) is 5.06. The highest BCUT2D eigenvalue weighted by molar-refractivity contribution is 6.08. The maximum absolute atomic E-state index is 12.6. The molecule has 0 saturated heterocycles. The maximum atomic E-state index is 12.6. The van der Waals surface area contributed by atoms with E-state index in [1.807, 2.05) is 30.3 Å². The van der Waals surface area contributed by atoms with Crippen molar-refractivity contribution >= 4 is 5.78 Å². The van der Waals surface area contributed by atoms with Gasteiger partial charge in [-0.15, -0.1) is 5.10 Å². The molecule has 0 atom stereocenters. The van der Waals surface area contributed by atoms with Crippen molar-refractivity contribution in [2.45, 2.75) is 13.8 Å². The molecule has 0 aliphatic carbocycles. The number of nitrogens with zero attached hydrogens (tertiary/aromatic N) is 4. The number of aromatic nitrogens is 5. The molecule has 2 heterocycles. The highest BCUT2D eigenvalue weighted by atomic mass is 16.2. The summed E-state index contributed by atoms with van der Waals surface area (Å²) in [5.41, 5.74) is 1.68. The molecule has 1 N–H and O–H groups in total. The predicted molar refractivity (Wildman–Crippen MR) is 80.3 cm³/mol. The first-order valence-corrected chi connectivity index (χ1v) is 6.78. The number of benzene rings is 1. The molecule has 0 aliphatic heterocycles. The molecule has 0 saturated carbocycles. The number of aryl methyl sites for hydroxylation is 3. The van der Waals surface area contributed by atoms with E-state index in [2.05, 4.69) is 15.3 Å². The number of hydrogen-bond donors (Lipinski definition) is 1. The normalized spacial score (nSPS) is 10.9. The fraction of sp³-hybridized carbons (Fsp3) is 0.200. The first-order valence-electron chi connectivity index (χ1n) is 6.78. The molecule has 7 nitrogen and oxygen atoms in total. The van der Waals surface area contributed by atoms with Gasteiger partial charge in [-0.05, 0) is 26.0 Å². The van der Waals surface area contributed by atoms with Crippen LogP contribution in [0.2, 0.25) is 0 Å². The molecular weight excluding hydrogens is 282 g/mol. The fourth-order valence-electron chi connectivity index (χ4n) is 2.34. The maximum Gasteiger partial charge on any atom is 0.277 e. The molecule has 3 rings (SSSR count). The molecule has 0 bridgehead atoms. The van der Waals surface area contributed by atoms with Crippen LogP contribution in [0.1, 0.15) is 27.4 Å². The summed E-state index contributed by atoms with van der Waals surface area (Å²) < 4.78 is 1.28. The average molecular weight is 297 g/mol. The van der Waals surface area contributed by atoms with E-state index in [4.69, 9.17) is 0 Å². The van der Waals surface area contributed by atoms with Crippen LogP contribution in [0.4, 0.5) is 0 Å². The van der Waals surface area contributed by atoms with Crippen molar-refractivity contribution in [1.29, 1.82) is 0 Å². The van der Waals surface area contributed by atoms with Gasteiger partial charge in [0.15, 0.2) is 5.69 Å². The van der Waals surface area contributed by atoms with Crippen molar-refractivity contribution in [3.63, 3.8) is 0 Å². The Kier molecular flexibility index (Phi) is 3.25. The van der Waals surface area contributed by atoms with Crippen molar-refractivity contribution in [2.24, 2.45) is 7.05 Å². The zero-order chi connectivity index (χ0) is 15.9. The van der Waals surface area contributed by atoms with Crippen LogP contribution in [0.3, 0.4) is 0 Å². The average Bonchev–Trinajstić information content (AvgIpc) is 3.00. The van der Waals surface area contributed by atoms with E-state index in [0.29, 0.717) is 11.4 Å². The van der Waals surface area contributed by atoms with Crippen molar-refractivity contribution < 1.29 is 4.79 Å². The quantitative estimate of drug-likeness (QED) is 0.735. The van der Waals surface area contributed by atoms with Gasteiger partial charge in [0.1, 0.15) is 5.56 Å². The Bertz CT molecular complexity index is 902. The second-order valence-corrected chi connectivity index (χ2v) is 5.06. The van der Waals surface area contributed by atoms with Gasteiger partial charge in [-0.25, -0.2) is 0 Å². The summed E-state index contributed by atoms with van der Waals surface area (Å²) in [6, 6.07) is 9.30.